The van der Waals surface area contributed by atoms with E-state index in [1.165, 1.54) is 6.92 Å². The number of ether oxygens (including phenoxy) is 1. The van der Waals surface area contributed by atoms with Crippen LogP contribution in [-0.4, -0.2) is 12.6 Å². The number of esters is 1. The minimum atomic E-state index is -1.41. The van der Waals surface area contributed by atoms with Crippen molar-refractivity contribution in [3.05, 3.63) is 34.1 Å². The summed E-state index contributed by atoms with van der Waals surface area (Å²) in [5.41, 5.74) is -1.54. The van der Waals surface area contributed by atoms with Crippen LogP contribution in [0.5, 0.6) is 0 Å². The van der Waals surface area contributed by atoms with E-state index in [9.17, 15) is 18.0 Å². The molecule has 100 valence electrons. The van der Waals surface area contributed by atoms with Crippen LogP contribution < -0.4 is 0 Å². The van der Waals surface area contributed by atoms with Crippen LogP contribution >= 0.6 is 31.9 Å². The van der Waals surface area contributed by atoms with E-state index >= 15 is 0 Å². The van der Waals surface area contributed by atoms with E-state index in [0.717, 1.165) is 6.92 Å². The molecule has 0 N–H and O–H groups in total. The molecule has 0 spiro atoms. The predicted octanol–water partition coefficient (Wildman–Crippen LogP) is 4.38. The molecule has 0 aliphatic heterocycles. The van der Waals surface area contributed by atoms with E-state index < -0.39 is 38.3 Å². The van der Waals surface area contributed by atoms with Crippen molar-refractivity contribution in [1.29, 1.82) is 0 Å². The fourth-order valence-corrected chi connectivity index (χ4v) is 2.27. The van der Waals surface area contributed by atoms with Crippen LogP contribution in [0.25, 0.3) is 0 Å². The zero-order valence-corrected chi connectivity index (χ0v) is 12.7. The topological polar surface area (TPSA) is 26.3 Å². The molecule has 0 atom stereocenters. The number of hydrogen-bond donors (Lipinski definition) is 0. The molecule has 0 radical (unpaired) electrons. The van der Waals surface area contributed by atoms with Crippen LogP contribution in [-0.2, 0) is 4.74 Å². The van der Waals surface area contributed by atoms with Crippen LogP contribution in [0.2, 0.25) is 0 Å². The number of carbonyl (C=O) groups is 1. The number of hydrogen-bond acceptors (Lipinski definition) is 2. The van der Waals surface area contributed by atoms with Crippen molar-refractivity contribution in [2.45, 2.75) is 17.6 Å². The average Bonchev–Trinajstić information content (AvgIpc) is 2.30. The van der Waals surface area contributed by atoms with Gasteiger partial charge < -0.3 is 4.74 Å². The van der Waals surface area contributed by atoms with Gasteiger partial charge >= 0.3 is 5.97 Å². The minimum absolute atomic E-state index is 0.0237. The van der Waals surface area contributed by atoms with Gasteiger partial charge in [-0.05, 0) is 13.8 Å². The van der Waals surface area contributed by atoms with Crippen molar-refractivity contribution in [2.24, 2.45) is 0 Å². The van der Waals surface area contributed by atoms with E-state index in [1.807, 2.05) is 0 Å². The van der Waals surface area contributed by atoms with Gasteiger partial charge in [-0.25, -0.2) is 18.0 Å². The van der Waals surface area contributed by atoms with Gasteiger partial charge in [0.05, 0.1) is 10.3 Å². The first-order chi connectivity index (χ1) is 8.32. The van der Waals surface area contributed by atoms with E-state index in [4.69, 9.17) is 0 Å². The lowest BCUT2D eigenvalue weighted by Crippen LogP contribution is -2.15. The molecule has 0 heterocycles. The number of rotatable bonds is 3. The molecule has 0 saturated carbocycles. The molecule has 1 aromatic rings. The highest BCUT2D eigenvalue weighted by Gasteiger charge is 2.30. The van der Waals surface area contributed by atoms with Crippen molar-refractivity contribution < 1.29 is 22.7 Å². The van der Waals surface area contributed by atoms with Crippen LogP contribution in [0, 0.1) is 24.4 Å². The molecule has 0 amide bonds. The van der Waals surface area contributed by atoms with E-state index in [-0.39, 0.29) is 12.2 Å². The molecular weight excluding hydrogens is 381 g/mol. The predicted molar refractivity (Wildman–Crippen MR) is 67.6 cm³/mol. The summed E-state index contributed by atoms with van der Waals surface area (Å²) in [5, 5.41) is 0. The summed E-state index contributed by atoms with van der Waals surface area (Å²) >= 11 is 5.95. The highest BCUT2D eigenvalue weighted by atomic mass is 79.9. The first kappa shape index (κ1) is 15.5. The number of alkyl halides is 2. The first-order valence-electron chi connectivity index (χ1n) is 4.95. The maximum Gasteiger partial charge on any atom is 0.341 e. The summed E-state index contributed by atoms with van der Waals surface area (Å²) in [5.74, 6) is -4.89. The maximum atomic E-state index is 13.9. The van der Waals surface area contributed by atoms with Crippen molar-refractivity contribution >= 4 is 37.8 Å². The van der Waals surface area contributed by atoms with Gasteiger partial charge in [0, 0.05) is 11.1 Å². The fraction of sp³-hybridized carbons (Fsp3) is 0.364. The van der Waals surface area contributed by atoms with Gasteiger partial charge in [0.15, 0.2) is 11.6 Å². The molecule has 1 rings (SSSR count). The van der Waals surface area contributed by atoms with E-state index in [2.05, 4.69) is 36.6 Å². The molecule has 0 unspecified atom stereocenters. The number of benzene rings is 1. The third-order valence-corrected chi connectivity index (χ3v) is 3.19. The Morgan fingerprint density at radius 2 is 1.78 bits per heavy atom. The molecule has 18 heavy (non-hydrogen) atoms. The SMILES string of the molecule is CCOC(=O)c1c(F)c(F)c(C)c(F)c1C(Br)Br. The Kier molecular flexibility index (Phi) is 5.21. The maximum absolute atomic E-state index is 13.9. The van der Waals surface area contributed by atoms with Crippen molar-refractivity contribution in [3.63, 3.8) is 0 Å². The monoisotopic (exact) mass is 388 g/mol. The Hall–Kier alpha value is -0.560. The van der Waals surface area contributed by atoms with Crippen LogP contribution in [0.3, 0.4) is 0 Å². The quantitative estimate of drug-likeness (QED) is 0.435. The van der Waals surface area contributed by atoms with Gasteiger partial charge in [-0.15, -0.1) is 0 Å². The summed E-state index contributed by atoms with van der Waals surface area (Å²) in [7, 11) is 0. The molecular formula is C11H9Br2F3O2. The third-order valence-electron chi connectivity index (χ3n) is 2.27. The molecule has 7 heteroatoms. The highest BCUT2D eigenvalue weighted by molar-refractivity contribution is 9.24. The zero-order valence-electron chi connectivity index (χ0n) is 9.49. The Morgan fingerprint density at radius 3 is 2.22 bits per heavy atom. The fourth-order valence-electron chi connectivity index (χ4n) is 1.41. The molecule has 0 bridgehead atoms. The second-order valence-corrected chi connectivity index (χ2v) is 6.44. The van der Waals surface area contributed by atoms with Crippen LogP contribution in [0.1, 0.15) is 32.1 Å². The zero-order chi connectivity index (χ0) is 14.0. The Bertz CT molecular complexity index is 490. The van der Waals surface area contributed by atoms with E-state index in [0.29, 0.717) is 0 Å². The largest absolute Gasteiger partial charge is 0.462 e. The second kappa shape index (κ2) is 6.06. The number of carbonyl (C=O) groups excluding carboxylic acids is 1. The molecule has 0 fully saturated rings. The lowest BCUT2D eigenvalue weighted by atomic mass is 10.0. The molecule has 2 nitrogen and oxygen atoms in total. The summed E-state index contributed by atoms with van der Waals surface area (Å²) in [4.78, 5) is 11.6. The van der Waals surface area contributed by atoms with Gasteiger partial charge in [0.2, 0.25) is 0 Å². The lowest BCUT2D eigenvalue weighted by molar-refractivity contribution is 0.0518. The van der Waals surface area contributed by atoms with Gasteiger partial charge in [-0.2, -0.15) is 0 Å². The Labute approximate surface area is 119 Å². The summed E-state index contributed by atoms with van der Waals surface area (Å²) in [6.45, 7) is 2.58. The molecule has 0 aliphatic rings. The van der Waals surface area contributed by atoms with E-state index in [1.54, 1.807) is 0 Å². The molecule has 0 aromatic heterocycles. The smallest absolute Gasteiger partial charge is 0.341 e. The standard InChI is InChI=1S/C11H9Br2F3O2/c1-3-18-11(17)6-5(10(12)13)7(14)4(2)8(15)9(6)16/h10H,3H2,1-2H3. The van der Waals surface area contributed by atoms with Gasteiger partial charge in [0.1, 0.15) is 11.4 Å². The molecule has 0 saturated heterocycles. The van der Waals surface area contributed by atoms with Crippen molar-refractivity contribution in [1.82, 2.24) is 0 Å². The van der Waals surface area contributed by atoms with Crippen molar-refractivity contribution in [2.75, 3.05) is 6.61 Å². The van der Waals surface area contributed by atoms with Crippen molar-refractivity contribution in [3.8, 4) is 0 Å². The summed E-state index contributed by atoms with van der Waals surface area (Å²) in [6.07, 6.45) is 0. The Balaban J connectivity index is 3.61. The molecule has 0 aliphatic carbocycles. The summed E-state index contributed by atoms with van der Waals surface area (Å²) < 4.78 is 44.8. The van der Waals surface area contributed by atoms with Crippen LogP contribution in [0.4, 0.5) is 13.2 Å². The normalized spacial score (nSPS) is 10.9. The highest BCUT2D eigenvalue weighted by Crippen LogP contribution is 2.37. The second-order valence-electron chi connectivity index (χ2n) is 3.38. The lowest BCUT2D eigenvalue weighted by Gasteiger charge is -2.14. The number of halogens is 5. The first-order valence-corrected chi connectivity index (χ1v) is 6.78. The average molecular weight is 390 g/mol. The molecule has 1 aromatic carbocycles. The third kappa shape index (κ3) is 2.71. The van der Waals surface area contributed by atoms with Gasteiger partial charge in [0.25, 0.3) is 0 Å². The summed E-state index contributed by atoms with van der Waals surface area (Å²) in [6, 6.07) is 0. The minimum Gasteiger partial charge on any atom is -0.462 e. The van der Waals surface area contributed by atoms with Crippen LogP contribution in [0.15, 0.2) is 0 Å². The van der Waals surface area contributed by atoms with Gasteiger partial charge in [-0.3, -0.25) is 0 Å². The Morgan fingerprint density at radius 1 is 1.22 bits per heavy atom. The van der Waals surface area contributed by atoms with Gasteiger partial charge in [-0.1, -0.05) is 31.9 Å².